The third-order valence-electron chi connectivity index (χ3n) is 2.42. The lowest BCUT2D eigenvalue weighted by Crippen LogP contribution is -2.11. The normalized spacial score (nSPS) is 10.7. The second-order valence-corrected chi connectivity index (χ2v) is 5.25. The van der Waals surface area contributed by atoms with E-state index in [-0.39, 0.29) is 11.7 Å². The van der Waals surface area contributed by atoms with E-state index in [9.17, 15) is 9.18 Å². The number of hydrogen-bond donors (Lipinski definition) is 1. The van der Waals surface area contributed by atoms with E-state index in [1.165, 1.54) is 35.6 Å². The second kappa shape index (κ2) is 5.27. The topological polar surface area (TPSA) is 42.0 Å². The quantitative estimate of drug-likeness (QED) is 0.919. The summed E-state index contributed by atoms with van der Waals surface area (Å²) in [4.78, 5) is 17.1. The van der Waals surface area contributed by atoms with Crippen LogP contribution in [0.2, 0.25) is 0 Å². The summed E-state index contributed by atoms with van der Waals surface area (Å²) in [6.45, 7) is 4.14. The number of nitrogens with one attached hydrogen (secondary N) is 1. The number of anilines is 1. The molecule has 18 heavy (non-hydrogen) atoms. The van der Waals surface area contributed by atoms with Gasteiger partial charge >= 0.3 is 0 Å². The molecular weight excluding hydrogens is 251 g/mol. The highest BCUT2D eigenvalue weighted by Gasteiger charge is 2.10. The molecule has 2 aromatic rings. The second-order valence-electron chi connectivity index (χ2n) is 4.18. The summed E-state index contributed by atoms with van der Waals surface area (Å²) >= 11 is 1.45. The zero-order chi connectivity index (χ0) is 13.1. The number of halogens is 1. The summed E-state index contributed by atoms with van der Waals surface area (Å²) < 4.78 is 12.7. The molecule has 0 saturated heterocycles. The third-order valence-corrected chi connectivity index (χ3v) is 3.63. The number of rotatable bonds is 3. The Morgan fingerprint density at radius 3 is 2.56 bits per heavy atom. The van der Waals surface area contributed by atoms with E-state index in [2.05, 4.69) is 24.1 Å². The predicted molar refractivity (Wildman–Crippen MR) is 70.6 cm³/mol. The molecule has 1 aromatic carbocycles. The van der Waals surface area contributed by atoms with Crippen molar-refractivity contribution in [1.82, 2.24) is 4.98 Å². The maximum Gasteiger partial charge on any atom is 0.257 e. The van der Waals surface area contributed by atoms with Crippen LogP contribution in [0, 0.1) is 5.82 Å². The van der Waals surface area contributed by atoms with Gasteiger partial charge in [-0.15, -0.1) is 11.3 Å². The molecule has 1 amide bonds. The molecule has 0 aliphatic rings. The summed E-state index contributed by atoms with van der Waals surface area (Å²) in [5, 5.41) is 3.26. The molecule has 0 aliphatic heterocycles. The predicted octanol–water partition coefficient (Wildman–Crippen LogP) is 3.66. The average molecular weight is 264 g/mol. The highest BCUT2D eigenvalue weighted by molar-refractivity contribution is 7.15. The van der Waals surface area contributed by atoms with Crippen LogP contribution in [0.4, 0.5) is 9.52 Å². The Morgan fingerprint density at radius 1 is 1.33 bits per heavy atom. The van der Waals surface area contributed by atoms with E-state index >= 15 is 0 Å². The highest BCUT2D eigenvalue weighted by Crippen LogP contribution is 2.25. The van der Waals surface area contributed by atoms with E-state index in [1.54, 1.807) is 6.20 Å². The fraction of sp³-hybridized carbons (Fsp3) is 0.231. The highest BCUT2D eigenvalue weighted by atomic mass is 32.1. The van der Waals surface area contributed by atoms with E-state index in [0.717, 1.165) is 4.88 Å². The molecule has 0 fully saturated rings. The summed E-state index contributed by atoms with van der Waals surface area (Å²) in [7, 11) is 0. The van der Waals surface area contributed by atoms with Gasteiger partial charge in [0.2, 0.25) is 0 Å². The Balaban J connectivity index is 2.08. The maximum absolute atomic E-state index is 12.7. The van der Waals surface area contributed by atoms with Crippen molar-refractivity contribution in [2.75, 3.05) is 5.32 Å². The fourth-order valence-corrected chi connectivity index (χ4v) is 2.20. The monoisotopic (exact) mass is 264 g/mol. The van der Waals surface area contributed by atoms with E-state index < -0.39 is 0 Å². The Morgan fingerprint density at radius 2 is 2.00 bits per heavy atom. The first-order valence-corrected chi connectivity index (χ1v) is 6.40. The van der Waals surface area contributed by atoms with Crippen LogP contribution in [0.25, 0.3) is 0 Å². The molecule has 0 atom stereocenters. The van der Waals surface area contributed by atoms with Gasteiger partial charge < -0.3 is 0 Å². The fourth-order valence-electron chi connectivity index (χ4n) is 1.38. The van der Waals surface area contributed by atoms with Crippen molar-refractivity contribution in [3.8, 4) is 0 Å². The Labute approximate surface area is 109 Å². The lowest BCUT2D eigenvalue weighted by Gasteiger charge is -2.01. The molecule has 0 unspecified atom stereocenters. The van der Waals surface area contributed by atoms with Crippen LogP contribution in [0.1, 0.15) is 35.0 Å². The minimum Gasteiger partial charge on any atom is -0.298 e. The molecule has 5 heteroatoms. The lowest BCUT2D eigenvalue weighted by molar-refractivity contribution is 0.102. The van der Waals surface area contributed by atoms with Crippen LogP contribution >= 0.6 is 11.3 Å². The average Bonchev–Trinajstić information content (AvgIpc) is 2.78. The van der Waals surface area contributed by atoms with Gasteiger partial charge in [0.25, 0.3) is 5.91 Å². The number of carbonyl (C=O) groups is 1. The number of nitrogens with zero attached hydrogens (tertiary/aromatic N) is 1. The largest absolute Gasteiger partial charge is 0.298 e. The van der Waals surface area contributed by atoms with Gasteiger partial charge in [-0.1, -0.05) is 13.8 Å². The number of carbonyl (C=O) groups excluding carboxylic acids is 1. The molecule has 1 heterocycles. The molecule has 0 aliphatic carbocycles. The molecule has 0 radical (unpaired) electrons. The Bertz CT molecular complexity index is 548. The third kappa shape index (κ3) is 2.92. The summed E-state index contributed by atoms with van der Waals surface area (Å²) in [5.74, 6) is -0.249. The number of benzene rings is 1. The minimum atomic E-state index is -0.358. The molecular formula is C13H13FN2OS. The van der Waals surface area contributed by atoms with E-state index in [4.69, 9.17) is 0 Å². The Kier molecular flexibility index (Phi) is 3.72. The molecule has 0 spiro atoms. The zero-order valence-electron chi connectivity index (χ0n) is 10.1. The van der Waals surface area contributed by atoms with Gasteiger partial charge in [0, 0.05) is 16.6 Å². The first-order valence-electron chi connectivity index (χ1n) is 5.59. The molecule has 2 rings (SSSR count). The van der Waals surface area contributed by atoms with Crippen LogP contribution in [0.3, 0.4) is 0 Å². The van der Waals surface area contributed by atoms with Crippen molar-refractivity contribution in [3.05, 3.63) is 46.7 Å². The van der Waals surface area contributed by atoms with Crippen LogP contribution in [-0.4, -0.2) is 10.9 Å². The van der Waals surface area contributed by atoms with Crippen molar-refractivity contribution < 1.29 is 9.18 Å². The van der Waals surface area contributed by atoms with Crippen LogP contribution < -0.4 is 5.32 Å². The van der Waals surface area contributed by atoms with E-state index in [0.29, 0.717) is 16.6 Å². The van der Waals surface area contributed by atoms with Gasteiger partial charge in [-0.2, -0.15) is 0 Å². The maximum atomic E-state index is 12.7. The molecule has 1 aromatic heterocycles. The summed E-state index contributed by atoms with van der Waals surface area (Å²) in [5.41, 5.74) is 0.415. The van der Waals surface area contributed by atoms with Crippen molar-refractivity contribution in [1.29, 1.82) is 0 Å². The van der Waals surface area contributed by atoms with Gasteiger partial charge in [-0.3, -0.25) is 10.1 Å². The van der Waals surface area contributed by atoms with Crippen molar-refractivity contribution in [2.24, 2.45) is 0 Å². The number of aromatic nitrogens is 1. The molecule has 0 saturated carbocycles. The SMILES string of the molecule is CC(C)c1cnc(NC(=O)c2ccc(F)cc2)s1. The van der Waals surface area contributed by atoms with Gasteiger partial charge in [0.15, 0.2) is 5.13 Å². The van der Waals surface area contributed by atoms with Crippen LogP contribution in [-0.2, 0) is 0 Å². The van der Waals surface area contributed by atoms with Crippen molar-refractivity contribution in [3.63, 3.8) is 0 Å². The lowest BCUT2D eigenvalue weighted by atomic mass is 10.2. The molecule has 94 valence electrons. The van der Waals surface area contributed by atoms with Gasteiger partial charge in [-0.05, 0) is 30.2 Å². The minimum absolute atomic E-state index is 0.278. The first-order chi connectivity index (χ1) is 8.56. The molecule has 1 N–H and O–H groups in total. The standard InChI is InChI=1S/C13H13FN2OS/c1-8(2)11-7-15-13(18-11)16-12(17)9-3-5-10(14)6-4-9/h3-8H,1-2H3,(H,15,16,17). The van der Waals surface area contributed by atoms with Crippen LogP contribution in [0.15, 0.2) is 30.5 Å². The van der Waals surface area contributed by atoms with Crippen molar-refractivity contribution in [2.45, 2.75) is 19.8 Å². The van der Waals surface area contributed by atoms with Gasteiger partial charge in [0.1, 0.15) is 5.82 Å². The summed E-state index contributed by atoms with van der Waals surface area (Å²) in [6, 6.07) is 5.41. The number of thiazole rings is 1. The number of hydrogen-bond acceptors (Lipinski definition) is 3. The van der Waals surface area contributed by atoms with Gasteiger partial charge in [0.05, 0.1) is 0 Å². The molecule has 3 nitrogen and oxygen atoms in total. The van der Waals surface area contributed by atoms with Crippen LogP contribution in [0.5, 0.6) is 0 Å². The van der Waals surface area contributed by atoms with Crippen molar-refractivity contribution >= 4 is 22.4 Å². The summed E-state index contributed by atoms with van der Waals surface area (Å²) in [6.07, 6.45) is 1.76. The number of amides is 1. The zero-order valence-corrected chi connectivity index (χ0v) is 10.9. The first kappa shape index (κ1) is 12.7. The Hall–Kier alpha value is -1.75. The van der Waals surface area contributed by atoms with E-state index in [1.807, 2.05) is 0 Å². The smallest absolute Gasteiger partial charge is 0.257 e. The van der Waals surface area contributed by atoms with Gasteiger partial charge in [-0.25, -0.2) is 9.37 Å². The molecule has 0 bridgehead atoms.